The molecule has 3 rings (SSSR count). The summed E-state index contributed by atoms with van der Waals surface area (Å²) in [5, 5.41) is 0. The van der Waals surface area contributed by atoms with Crippen LogP contribution in [-0.4, -0.2) is 4.98 Å². The molecule has 6 heteroatoms. The Bertz CT molecular complexity index is 828. The molecule has 0 amide bonds. The molecule has 108 valence electrons. The van der Waals surface area contributed by atoms with Gasteiger partial charge in [-0.05, 0) is 85.1 Å². The van der Waals surface area contributed by atoms with E-state index in [0.717, 1.165) is 37.6 Å². The summed E-state index contributed by atoms with van der Waals surface area (Å²) in [6.07, 6.45) is 0.815. The molecule has 0 aliphatic carbocycles. The maximum absolute atomic E-state index is 6.12. The first-order chi connectivity index (χ1) is 10.0. The number of benzene rings is 2. The predicted molar refractivity (Wildman–Crippen MR) is 101 cm³/mol. The lowest BCUT2D eigenvalue weighted by Gasteiger charge is -2.07. The van der Waals surface area contributed by atoms with Gasteiger partial charge >= 0.3 is 0 Å². The maximum Gasteiger partial charge on any atom is 0.227 e. The molecule has 0 saturated heterocycles. The zero-order chi connectivity index (χ0) is 15.1. The minimum absolute atomic E-state index is 0.606. The van der Waals surface area contributed by atoms with Crippen LogP contribution in [0.2, 0.25) is 0 Å². The molecule has 2 N–H and O–H groups in total. The van der Waals surface area contributed by atoms with Gasteiger partial charge in [-0.25, -0.2) is 4.98 Å². The number of oxazole rings is 1. The molecule has 0 unspecified atom stereocenters. The third-order valence-electron chi connectivity index (χ3n) is 3.29. The number of anilines is 1. The van der Waals surface area contributed by atoms with Crippen LogP contribution in [0, 0.1) is 3.57 Å². The summed E-state index contributed by atoms with van der Waals surface area (Å²) in [6, 6.07) is 8.07. The van der Waals surface area contributed by atoms with E-state index >= 15 is 0 Å². The van der Waals surface area contributed by atoms with Crippen LogP contribution in [0.5, 0.6) is 0 Å². The lowest BCUT2D eigenvalue weighted by Crippen LogP contribution is -1.94. The second-order valence-corrected chi connectivity index (χ2v) is 7.41. The van der Waals surface area contributed by atoms with Crippen molar-refractivity contribution in [2.45, 2.75) is 13.3 Å². The first kappa shape index (κ1) is 15.3. The summed E-state index contributed by atoms with van der Waals surface area (Å²) in [5.41, 5.74) is 10.3. The molecular formula is C15H11Br2IN2O. The van der Waals surface area contributed by atoms with Gasteiger partial charge in [-0.1, -0.05) is 6.92 Å². The Balaban J connectivity index is 2.29. The van der Waals surface area contributed by atoms with Gasteiger partial charge in [0, 0.05) is 19.2 Å². The van der Waals surface area contributed by atoms with Crippen molar-refractivity contribution in [3.05, 3.63) is 42.3 Å². The number of nitrogens with two attached hydrogens (primary N) is 1. The standard InChI is InChI=1S/C15H11Br2IN2O/c1-2-9-10(16)12(19)11(17)13-14(9)21-15(20-13)7-3-5-8(18)6-4-7/h3-6H,2,19H2,1H3. The van der Waals surface area contributed by atoms with E-state index in [0.29, 0.717) is 11.6 Å². The number of nitrogen functional groups attached to an aromatic ring is 1. The van der Waals surface area contributed by atoms with E-state index in [1.165, 1.54) is 3.57 Å². The molecule has 0 atom stereocenters. The Kier molecular flexibility index (Phi) is 4.29. The van der Waals surface area contributed by atoms with Crippen LogP contribution in [0.4, 0.5) is 5.69 Å². The van der Waals surface area contributed by atoms with Crippen LogP contribution in [0.3, 0.4) is 0 Å². The number of nitrogens with zero attached hydrogens (tertiary/aromatic N) is 1. The fourth-order valence-corrected chi connectivity index (χ4v) is 3.94. The van der Waals surface area contributed by atoms with Gasteiger partial charge in [0.05, 0.1) is 10.2 Å². The van der Waals surface area contributed by atoms with Gasteiger partial charge in [0.1, 0.15) is 5.52 Å². The van der Waals surface area contributed by atoms with Crippen LogP contribution in [0.1, 0.15) is 12.5 Å². The smallest absolute Gasteiger partial charge is 0.227 e. The predicted octanol–water partition coefficient (Wildman–Crippen LogP) is 5.77. The average Bonchev–Trinajstić information content (AvgIpc) is 2.91. The number of rotatable bonds is 2. The molecule has 1 aromatic heterocycles. The highest BCUT2D eigenvalue weighted by molar-refractivity contribution is 14.1. The van der Waals surface area contributed by atoms with Gasteiger partial charge in [0.25, 0.3) is 0 Å². The Morgan fingerprint density at radius 3 is 2.48 bits per heavy atom. The van der Waals surface area contributed by atoms with Crippen LogP contribution >= 0.6 is 54.5 Å². The quantitative estimate of drug-likeness (QED) is 0.344. The van der Waals surface area contributed by atoms with E-state index in [2.05, 4.69) is 66.4 Å². The van der Waals surface area contributed by atoms with Crippen LogP contribution in [0.15, 0.2) is 37.6 Å². The zero-order valence-electron chi connectivity index (χ0n) is 11.1. The number of hydrogen-bond donors (Lipinski definition) is 1. The highest BCUT2D eigenvalue weighted by Gasteiger charge is 2.19. The SMILES string of the molecule is CCc1c(Br)c(N)c(Br)c2nc(-c3ccc(I)cc3)oc12. The second-order valence-electron chi connectivity index (χ2n) is 4.58. The normalized spacial score (nSPS) is 11.2. The molecule has 2 aromatic carbocycles. The maximum atomic E-state index is 6.12. The highest BCUT2D eigenvalue weighted by Crippen LogP contribution is 2.41. The Hall–Kier alpha value is -0.600. The molecular weight excluding hydrogens is 511 g/mol. The molecule has 0 aliphatic rings. The van der Waals surface area contributed by atoms with Gasteiger partial charge in [0.15, 0.2) is 5.58 Å². The van der Waals surface area contributed by atoms with E-state index in [-0.39, 0.29) is 0 Å². The van der Waals surface area contributed by atoms with Crippen molar-refractivity contribution in [1.29, 1.82) is 0 Å². The topological polar surface area (TPSA) is 52.0 Å². The molecule has 0 spiro atoms. The molecule has 0 fully saturated rings. The van der Waals surface area contributed by atoms with Crippen molar-refractivity contribution in [2.24, 2.45) is 0 Å². The first-order valence-corrected chi connectivity index (χ1v) is 9.01. The lowest BCUT2D eigenvalue weighted by atomic mass is 10.1. The highest BCUT2D eigenvalue weighted by atomic mass is 127. The Morgan fingerprint density at radius 2 is 1.86 bits per heavy atom. The number of hydrogen-bond acceptors (Lipinski definition) is 3. The lowest BCUT2D eigenvalue weighted by molar-refractivity contribution is 0.615. The summed E-state index contributed by atoms with van der Waals surface area (Å²) in [5.74, 6) is 0.606. The fourth-order valence-electron chi connectivity index (χ4n) is 2.19. The third kappa shape index (κ3) is 2.61. The molecule has 21 heavy (non-hydrogen) atoms. The second kappa shape index (κ2) is 5.89. The average molecular weight is 522 g/mol. The monoisotopic (exact) mass is 520 g/mol. The summed E-state index contributed by atoms with van der Waals surface area (Å²) >= 11 is 9.33. The van der Waals surface area contributed by atoms with Crippen LogP contribution in [0.25, 0.3) is 22.6 Å². The largest absolute Gasteiger partial charge is 0.436 e. The van der Waals surface area contributed by atoms with Gasteiger partial charge in [0.2, 0.25) is 5.89 Å². The summed E-state index contributed by atoms with van der Waals surface area (Å²) < 4.78 is 8.82. The summed E-state index contributed by atoms with van der Waals surface area (Å²) in [7, 11) is 0. The molecule has 3 nitrogen and oxygen atoms in total. The zero-order valence-corrected chi connectivity index (χ0v) is 16.4. The number of aryl methyl sites for hydroxylation is 1. The molecule has 0 radical (unpaired) electrons. The van der Waals surface area contributed by atoms with Gasteiger partial charge in [-0.2, -0.15) is 0 Å². The van der Waals surface area contributed by atoms with E-state index in [4.69, 9.17) is 10.2 Å². The van der Waals surface area contributed by atoms with Crippen molar-refractivity contribution < 1.29 is 4.42 Å². The van der Waals surface area contributed by atoms with E-state index < -0.39 is 0 Å². The van der Waals surface area contributed by atoms with Crippen molar-refractivity contribution in [3.8, 4) is 11.5 Å². The van der Waals surface area contributed by atoms with Crippen molar-refractivity contribution in [3.63, 3.8) is 0 Å². The van der Waals surface area contributed by atoms with E-state index in [1.807, 2.05) is 24.3 Å². The minimum atomic E-state index is 0.606. The Labute approximate surface area is 152 Å². The van der Waals surface area contributed by atoms with Crippen LogP contribution in [-0.2, 0) is 6.42 Å². The molecule has 0 bridgehead atoms. The number of aromatic nitrogens is 1. The van der Waals surface area contributed by atoms with Crippen molar-refractivity contribution >= 4 is 71.2 Å². The van der Waals surface area contributed by atoms with Crippen LogP contribution < -0.4 is 5.73 Å². The fraction of sp³-hybridized carbons (Fsp3) is 0.133. The first-order valence-electron chi connectivity index (χ1n) is 6.34. The third-order valence-corrected chi connectivity index (χ3v) is 5.72. The van der Waals surface area contributed by atoms with E-state index in [1.54, 1.807) is 0 Å². The summed E-state index contributed by atoms with van der Waals surface area (Å²) in [4.78, 5) is 4.61. The summed E-state index contributed by atoms with van der Waals surface area (Å²) in [6.45, 7) is 2.07. The Morgan fingerprint density at radius 1 is 1.19 bits per heavy atom. The van der Waals surface area contributed by atoms with Crippen molar-refractivity contribution in [2.75, 3.05) is 5.73 Å². The van der Waals surface area contributed by atoms with Crippen molar-refractivity contribution in [1.82, 2.24) is 4.98 Å². The van der Waals surface area contributed by atoms with Gasteiger partial charge < -0.3 is 10.2 Å². The molecule has 3 aromatic rings. The van der Waals surface area contributed by atoms with Gasteiger partial charge in [-0.15, -0.1) is 0 Å². The minimum Gasteiger partial charge on any atom is -0.436 e. The molecule has 0 saturated carbocycles. The number of halogens is 3. The molecule has 0 aliphatic heterocycles. The molecule has 1 heterocycles. The van der Waals surface area contributed by atoms with E-state index in [9.17, 15) is 0 Å². The number of fused-ring (bicyclic) bond motifs is 1. The van der Waals surface area contributed by atoms with Gasteiger partial charge in [-0.3, -0.25) is 0 Å².